The van der Waals surface area contributed by atoms with Gasteiger partial charge < -0.3 is 9.84 Å². The average molecular weight is 535 g/mol. The zero-order valence-corrected chi connectivity index (χ0v) is 18.8. The molecule has 0 aromatic heterocycles. The Kier molecular flexibility index (Phi) is 6.43. The van der Waals surface area contributed by atoms with Crippen molar-refractivity contribution in [2.75, 3.05) is 5.01 Å². The third-order valence-corrected chi connectivity index (χ3v) is 5.29. The monoisotopic (exact) mass is 534 g/mol. The van der Waals surface area contributed by atoms with Crippen LogP contribution in [0, 0.1) is 5.82 Å². The second-order valence-corrected chi connectivity index (χ2v) is 8.16. The van der Waals surface area contributed by atoms with Crippen LogP contribution in [0.15, 0.2) is 81.9 Å². The molecule has 0 spiro atoms. The molecule has 1 N–H and O–H groups in total. The van der Waals surface area contributed by atoms with Gasteiger partial charge in [-0.1, -0.05) is 40.2 Å². The molecule has 0 aliphatic carbocycles. The lowest BCUT2D eigenvalue weighted by atomic mass is 10.1. The fraction of sp³-hybridized carbons (Fsp3) is 0.0833. The molecule has 0 unspecified atom stereocenters. The molecule has 0 radical (unpaired) electrons. The van der Waals surface area contributed by atoms with E-state index in [0.717, 1.165) is 6.08 Å². The largest absolute Gasteiger partial charge is 0.504 e. The van der Waals surface area contributed by atoms with Crippen LogP contribution in [0.1, 0.15) is 11.1 Å². The number of amides is 1. The Balaban J connectivity index is 1.65. The SMILES string of the molecule is O=C1/C(=C\c2ccc(O)c(OCc3ccc(F)cc3)c2)C(C(F)(F)F)=NN1c1cccc(Br)c1. The van der Waals surface area contributed by atoms with Crippen molar-refractivity contribution in [1.29, 1.82) is 0 Å². The van der Waals surface area contributed by atoms with Crippen LogP contribution in [0.2, 0.25) is 0 Å². The van der Waals surface area contributed by atoms with Gasteiger partial charge >= 0.3 is 6.18 Å². The lowest BCUT2D eigenvalue weighted by molar-refractivity contribution is -0.114. The lowest BCUT2D eigenvalue weighted by Crippen LogP contribution is -2.25. The first kappa shape index (κ1) is 23.5. The molecular formula is C24H15BrF4N2O3. The number of alkyl halides is 3. The number of hydrazone groups is 1. The number of hydrogen-bond acceptors (Lipinski definition) is 4. The highest BCUT2D eigenvalue weighted by molar-refractivity contribution is 9.10. The topological polar surface area (TPSA) is 62.1 Å². The molecule has 1 heterocycles. The van der Waals surface area contributed by atoms with Crippen molar-refractivity contribution >= 4 is 39.3 Å². The van der Waals surface area contributed by atoms with Gasteiger partial charge in [-0.3, -0.25) is 4.79 Å². The number of carbonyl (C=O) groups is 1. The van der Waals surface area contributed by atoms with Gasteiger partial charge in [0.1, 0.15) is 12.4 Å². The normalized spacial score (nSPS) is 15.1. The van der Waals surface area contributed by atoms with E-state index in [1.165, 1.54) is 54.6 Å². The molecule has 3 aromatic carbocycles. The van der Waals surface area contributed by atoms with Crippen molar-refractivity contribution in [2.24, 2.45) is 5.10 Å². The van der Waals surface area contributed by atoms with Crippen molar-refractivity contribution < 1.29 is 32.2 Å². The van der Waals surface area contributed by atoms with E-state index in [1.807, 2.05) is 0 Å². The van der Waals surface area contributed by atoms with E-state index in [2.05, 4.69) is 21.0 Å². The minimum Gasteiger partial charge on any atom is -0.504 e. The highest BCUT2D eigenvalue weighted by atomic mass is 79.9. The molecule has 34 heavy (non-hydrogen) atoms. The molecule has 4 rings (SSSR count). The van der Waals surface area contributed by atoms with Crippen LogP contribution in [0.3, 0.4) is 0 Å². The Morgan fingerprint density at radius 1 is 1.06 bits per heavy atom. The van der Waals surface area contributed by atoms with E-state index in [4.69, 9.17) is 4.74 Å². The molecular weight excluding hydrogens is 520 g/mol. The minimum atomic E-state index is -4.87. The number of carbonyl (C=O) groups excluding carboxylic acids is 1. The predicted octanol–water partition coefficient (Wildman–Crippen LogP) is 6.22. The van der Waals surface area contributed by atoms with Gasteiger partial charge in [-0.25, -0.2) is 4.39 Å². The van der Waals surface area contributed by atoms with Gasteiger partial charge in [-0.05, 0) is 59.7 Å². The maximum absolute atomic E-state index is 13.7. The number of rotatable bonds is 5. The van der Waals surface area contributed by atoms with Crippen molar-refractivity contribution in [3.63, 3.8) is 0 Å². The number of nitrogens with zero attached hydrogens (tertiary/aromatic N) is 2. The van der Waals surface area contributed by atoms with Gasteiger partial charge in [0.25, 0.3) is 5.91 Å². The van der Waals surface area contributed by atoms with E-state index in [9.17, 15) is 27.5 Å². The van der Waals surface area contributed by atoms with E-state index in [1.54, 1.807) is 12.1 Å². The number of phenols is 1. The lowest BCUT2D eigenvalue weighted by Gasteiger charge is -2.12. The van der Waals surface area contributed by atoms with Crippen LogP contribution in [0.4, 0.5) is 23.2 Å². The first-order valence-electron chi connectivity index (χ1n) is 9.80. The smallest absolute Gasteiger partial charge is 0.435 e. The molecule has 3 aromatic rings. The van der Waals surface area contributed by atoms with Crippen LogP contribution in [0.25, 0.3) is 6.08 Å². The van der Waals surface area contributed by atoms with Crippen LogP contribution < -0.4 is 9.75 Å². The standard InChI is InChI=1S/C24H15BrF4N2O3/c25-16-2-1-3-18(12-16)31-23(33)19(22(30-31)24(27,28)29)10-15-6-9-20(32)21(11-15)34-13-14-4-7-17(26)8-5-14/h1-12,32H,13H2/b19-10-. The molecule has 5 nitrogen and oxygen atoms in total. The molecule has 1 amide bonds. The van der Waals surface area contributed by atoms with Gasteiger partial charge in [0.05, 0.1) is 11.3 Å². The zero-order valence-electron chi connectivity index (χ0n) is 17.2. The molecule has 1 aliphatic rings. The Labute approximate surface area is 199 Å². The van der Waals surface area contributed by atoms with Crippen LogP contribution in [0.5, 0.6) is 11.5 Å². The molecule has 1 aliphatic heterocycles. The number of phenolic OH excluding ortho intramolecular Hbond substituents is 1. The Hall–Kier alpha value is -3.66. The fourth-order valence-electron chi connectivity index (χ4n) is 3.18. The molecule has 0 atom stereocenters. The quantitative estimate of drug-likeness (QED) is 0.312. The average Bonchev–Trinajstić information content (AvgIpc) is 3.11. The van der Waals surface area contributed by atoms with Crippen molar-refractivity contribution in [3.05, 3.63) is 93.7 Å². The summed E-state index contributed by atoms with van der Waals surface area (Å²) < 4.78 is 60.2. The van der Waals surface area contributed by atoms with Crippen LogP contribution >= 0.6 is 15.9 Å². The number of ether oxygens (including phenoxy) is 1. The minimum absolute atomic E-state index is 0.0152. The van der Waals surface area contributed by atoms with E-state index in [-0.39, 0.29) is 29.4 Å². The molecule has 0 bridgehead atoms. The number of halogens is 5. The van der Waals surface area contributed by atoms with Gasteiger partial charge in [-0.2, -0.15) is 23.3 Å². The van der Waals surface area contributed by atoms with Crippen molar-refractivity contribution in [3.8, 4) is 11.5 Å². The second-order valence-electron chi connectivity index (χ2n) is 7.24. The molecule has 10 heteroatoms. The molecule has 0 saturated heterocycles. The second kappa shape index (κ2) is 9.30. The summed E-state index contributed by atoms with van der Waals surface area (Å²) in [5.74, 6) is -1.63. The maximum atomic E-state index is 13.7. The third kappa shape index (κ3) is 5.12. The van der Waals surface area contributed by atoms with Crippen LogP contribution in [-0.4, -0.2) is 22.9 Å². The number of benzene rings is 3. The molecule has 0 fully saturated rings. The summed E-state index contributed by atoms with van der Waals surface area (Å²) in [5.41, 5.74) is -1.02. The summed E-state index contributed by atoms with van der Waals surface area (Å²) in [6, 6.07) is 15.6. The summed E-state index contributed by atoms with van der Waals surface area (Å²) in [5, 5.41) is 14.3. The molecule has 0 saturated carbocycles. The van der Waals surface area contributed by atoms with Crippen molar-refractivity contribution in [2.45, 2.75) is 12.8 Å². The number of anilines is 1. The summed E-state index contributed by atoms with van der Waals surface area (Å²) in [4.78, 5) is 12.9. The van der Waals surface area contributed by atoms with Gasteiger partial charge in [0, 0.05) is 4.47 Å². The maximum Gasteiger partial charge on any atom is 0.435 e. The summed E-state index contributed by atoms with van der Waals surface area (Å²) in [6.45, 7) is -0.0152. The van der Waals surface area contributed by atoms with Crippen molar-refractivity contribution in [1.82, 2.24) is 0 Å². The highest BCUT2D eigenvalue weighted by Gasteiger charge is 2.46. The Morgan fingerprint density at radius 3 is 2.47 bits per heavy atom. The third-order valence-electron chi connectivity index (χ3n) is 4.80. The van der Waals surface area contributed by atoms with Crippen LogP contribution in [-0.2, 0) is 11.4 Å². The molecule has 174 valence electrons. The van der Waals surface area contributed by atoms with Gasteiger partial charge in [0.15, 0.2) is 17.2 Å². The van der Waals surface area contributed by atoms with E-state index in [0.29, 0.717) is 15.0 Å². The highest BCUT2D eigenvalue weighted by Crippen LogP contribution is 2.35. The zero-order chi connectivity index (χ0) is 24.5. The first-order valence-corrected chi connectivity index (χ1v) is 10.6. The van der Waals surface area contributed by atoms with E-state index >= 15 is 0 Å². The Bertz CT molecular complexity index is 1300. The van der Waals surface area contributed by atoms with Gasteiger partial charge in [0.2, 0.25) is 0 Å². The van der Waals surface area contributed by atoms with E-state index < -0.39 is 29.2 Å². The summed E-state index contributed by atoms with van der Waals surface area (Å²) in [7, 11) is 0. The van der Waals surface area contributed by atoms with Gasteiger partial charge in [-0.15, -0.1) is 0 Å². The number of aromatic hydroxyl groups is 1. The number of hydrogen-bond donors (Lipinski definition) is 1. The summed E-state index contributed by atoms with van der Waals surface area (Å²) in [6.07, 6.45) is -3.84. The predicted molar refractivity (Wildman–Crippen MR) is 122 cm³/mol. The summed E-state index contributed by atoms with van der Waals surface area (Å²) >= 11 is 3.22. The fourth-order valence-corrected chi connectivity index (χ4v) is 3.57. The Morgan fingerprint density at radius 2 is 1.79 bits per heavy atom. The first-order chi connectivity index (χ1) is 16.1.